The van der Waals surface area contributed by atoms with Crippen molar-refractivity contribution in [1.29, 1.82) is 0 Å². The van der Waals surface area contributed by atoms with Crippen LogP contribution >= 0.6 is 0 Å². The number of aliphatic hydroxyl groups excluding tert-OH is 1. The molecule has 2 rings (SSSR count). The van der Waals surface area contributed by atoms with Gasteiger partial charge in [0.05, 0.1) is 12.1 Å². The first kappa shape index (κ1) is 12.9. The molecule has 5 nitrogen and oxygen atoms in total. The average Bonchev–Trinajstić information content (AvgIpc) is 2.41. The molecule has 18 heavy (non-hydrogen) atoms. The molecule has 0 radical (unpaired) electrons. The second-order valence-electron chi connectivity index (χ2n) is 4.71. The smallest absolute Gasteiger partial charge is 0.0752 e. The maximum absolute atomic E-state index is 9.96. The lowest BCUT2D eigenvalue weighted by atomic mass is 9.99. The quantitative estimate of drug-likeness (QED) is 0.505. The normalized spacial score (nSPS) is 26.3. The second kappa shape index (κ2) is 5.87. The number of β-amino-alcohol motifs (C(OH)–C–C–N with tert-alkyl or cyclic N) is 1. The van der Waals surface area contributed by atoms with Crippen LogP contribution < -0.4 is 0 Å². The Balaban J connectivity index is 2.02. The van der Waals surface area contributed by atoms with Crippen molar-refractivity contribution >= 4 is 0 Å². The molecular weight excluding hydrogens is 228 g/mol. The molecule has 1 aromatic rings. The van der Waals surface area contributed by atoms with E-state index in [1.807, 2.05) is 18.2 Å². The van der Waals surface area contributed by atoms with Crippen molar-refractivity contribution in [3.63, 3.8) is 0 Å². The summed E-state index contributed by atoms with van der Waals surface area (Å²) in [5, 5.41) is 13.6. The van der Waals surface area contributed by atoms with Gasteiger partial charge in [-0.05, 0) is 31.0 Å². The van der Waals surface area contributed by atoms with E-state index in [0.29, 0.717) is 13.0 Å². The summed E-state index contributed by atoms with van der Waals surface area (Å²) < 4.78 is 0. The van der Waals surface area contributed by atoms with Gasteiger partial charge in [0.1, 0.15) is 0 Å². The van der Waals surface area contributed by atoms with Gasteiger partial charge >= 0.3 is 0 Å². The lowest BCUT2D eigenvalue weighted by molar-refractivity contribution is 0.0353. The van der Waals surface area contributed by atoms with E-state index in [4.69, 9.17) is 5.53 Å². The van der Waals surface area contributed by atoms with Gasteiger partial charge in [-0.2, -0.15) is 0 Å². The Bertz CT molecular complexity index is 430. The van der Waals surface area contributed by atoms with Gasteiger partial charge in [-0.3, -0.25) is 4.90 Å². The molecule has 0 aliphatic carbocycles. The zero-order valence-electron chi connectivity index (χ0n) is 10.5. The summed E-state index contributed by atoms with van der Waals surface area (Å²) in [6, 6.07) is 10.2. The fourth-order valence-corrected chi connectivity index (χ4v) is 2.44. The molecule has 0 amide bonds. The highest BCUT2D eigenvalue weighted by Crippen LogP contribution is 2.25. The Morgan fingerprint density at radius 2 is 2.17 bits per heavy atom. The molecular formula is C13H18N4O. The number of rotatable bonds is 3. The average molecular weight is 246 g/mol. The van der Waals surface area contributed by atoms with Crippen LogP contribution in [0, 0.1) is 0 Å². The van der Waals surface area contributed by atoms with Crippen molar-refractivity contribution in [3.8, 4) is 0 Å². The largest absolute Gasteiger partial charge is 0.391 e. The van der Waals surface area contributed by atoms with Crippen molar-refractivity contribution < 1.29 is 5.11 Å². The molecule has 1 N–H and O–H groups in total. The summed E-state index contributed by atoms with van der Waals surface area (Å²) in [5.41, 5.74) is 9.67. The van der Waals surface area contributed by atoms with E-state index in [2.05, 4.69) is 34.0 Å². The van der Waals surface area contributed by atoms with Crippen LogP contribution in [0.3, 0.4) is 0 Å². The third-order valence-corrected chi connectivity index (χ3v) is 3.61. The molecule has 1 aromatic carbocycles. The van der Waals surface area contributed by atoms with E-state index >= 15 is 0 Å². The molecule has 5 heteroatoms. The Morgan fingerprint density at radius 3 is 2.78 bits per heavy atom. The highest BCUT2D eigenvalue weighted by Gasteiger charge is 2.29. The van der Waals surface area contributed by atoms with Crippen LogP contribution in [0.4, 0.5) is 0 Å². The topological polar surface area (TPSA) is 72.2 Å². The maximum atomic E-state index is 9.96. The minimum absolute atomic E-state index is 0.271. The van der Waals surface area contributed by atoms with Gasteiger partial charge in [-0.1, -0.05) is 35.4 Å². The highest BCUT2D eigenvalue weighted by molar-refractivity contribution is 5.18. The molecule has 0 bridgehead atoms. The number of piperidine rings is 1. The monoisotopic (exact) mass is 246 g/mol. The Morgan fingerprint density at radius 1 is 1.44 bits per heavy atom. The first-order chi connectivity index (χ1) is 8.72. The minimum atomic E-state index is -0.569. The summed E-state index contributed by atoms with van der Waals surface area (Å²) in [7, 11) is 0. The third-order valence-electron chi connectivity index (χ3n) is 3.61. The van der Waals surface area contributed by atoms with Crippen LogP contribution in [0.5, 0.6) is 0 Å². The summed E-state index contributed by atoms with van der Waals surface area (Å²) in [5.74, 6) is 0. The fraction of sp³-hybridized carbons (Fsp3) is 0.538. The SMILES string of the molecule is CC(c1ccccc1)N1CC[C@@H](N=[N+]=[N-])[C@H](O)C1. The Hall–Kier alpha value is -1.55. The van der Waals surface area contributed by atoms with Crippen molar-refractivity contribution in [1.82, 2.24) is 4.90 Å². The summed E-state index contributed by atoms with van der Waals surface area (Å²) >= 11 is 0. The number of hydrogen-bond acceptors (Lipinski definition) is 3. The van der Waals surface area contributed by atoms with Crippen molar-refractivity contribution in [2.45, 2.75) is 31.5 Å². The summed E-state index contributed by atoms with van der Waals surface area (Å²) in [6.45, 7) is 3.53. The predicted molar refractivity (Wildman–Crippen MR) is 70.0 cm³/mol. The molecule has 3 atom stereocenters. The highest BCUT2D eigenvalue weighted by atomic mass is 16.3. The molecule has 0 spiro atoms. The van der Waals surface area contributed by atoms with E-state index in [1.54, 1.807) is 0 Å². The number of aliphatic hydroxyl groups is 1. The molecule has 1 aliphatic rings. The molecule has 0 aromatic heterocycles. The zero-order chi connectivity index (χ0) is 13.0. The lowest BCUT2D eigenvalue weighted by Crippen LogP contribution is -2.46. The first-order valence-corrected chi connectivity index (χ1v) is 6.23. The van der Waals surface area contributed by atoms with Gasteiger partial charge < -0.3 is 5.11 Å². The van der Waals surface area contributed by atoms with Gasteiger partial charge in [0.15, 0.2) is 0 Å². The van der Waals surface area contributed by atoms with Crippen molar-refractivity contribution in [3.05, 3.63) is 46.3 Å². The molecule has 1 unspecified atom stereocenters. The van der Waals surface area contributed by atoms with E-state index in [-0.39, 0.29) is 12.1 Å². The van der Waals surface area contributed by atoms with Crippen molar-refractivity contribution in [2.24, 2.45) is 5.11 Å². The predicted octanol–water partition coefficient (Wildman–Crippen LogP) is 2.49. The second-order valence-corrected chi connectivity index (χ2v) is 4.71. The van der Waals surface area contributed by atoms with Gasteiger partial charge in [-0.15, -0.1) is 0 Å². The molecule has 0 saturated carbocycles. The van der Waals surface area contributed by atoms with E-state index in [0.717, 1.165) is 6.54 Å². The molecule has 1 aliphatic heterocycles. The number of azide groups is 1. The number of likely N-dealkylation sites (tertiary alicyclic amines) is 1. The van der Waals surface area contributed by atoms with Gasteiger partial charge in [0, 0.05) is 17.5 Å². The molecule has 96 valence electrons. The van der Waals surface area contributed by atoms with Gasteiger partial charge in [0.25, 0.3) is 0 Å². The van der Waals surface area contributed by atoms with Crippen LogP contribution in [0.15, 0.2) is 35.4 Å². The van der Waals surface area contributed by atoms with Crippen LogP contribution in [-0.4, -0.2) is 35.2 Å². The van der Waals surface area contributed by atoms with Crippen LogP contribution in [0.1, 0.15) is 24.9 Å². The van der Waals surface area contributed by atoms with Crippen LogP contribution in [-0.2, 0) is 0 Å². The number of benzene rings is 1. The standard InChI is InChI=1S/C13H18N4O/c1-10(11-5-3-2-4-6-11)17-8-7-12(15-16-14)13(18)9-17/h2-6,10,12-13,18H,7-9H2,1H3/t10?,12-,13-/m1/s1. The Kier molecular flexibility index (Phi) is 4.20. The van der Waals surface area contributed by atoms with E-state index in [1.165, 1.54) is 5.56 Å². The first-order valence-electron chi connectivity index (χ1n) is 6.23. The maximum Gasteiger partial charge on any atom is 0.0752 e. The number of hydrogen-bond donors (Lipinski definition) is 1. The third kappa shape index (κ3) is 2.82. The van der Waals surface area contributed by atoms with Gasteiger partial charge in [-0.25, -0.2) is 0 Å². The zero-order valence-corrected chi connectivity index (χ0v) is 10.5. The fourth-order valence-electron chi connectivity index (χ4n) is 2.44. The molecule has 1 fully saturated rings. The molecule has 1 saturated heterocycles. The summed E-state index contributed by atoms with van der Waals surface area (Å²) in [4.78, 5) is 5.01. The van der Waals surface area contributed by atoms with Crippen LogP contribution in [0.2, 0.25) is 0 Å². The number of nitrogens with zero attached hydrogens (tertiary/aromatic N) is 4. The minimum Gasteiger partial charge on any atom is -0.391 e. The van der Waals surface area contributed by atoms with Crippen LogP contribution in [0.25, 0.3) is 10.4 Å². The van der Waals surface area contributed by atoms with E-state index < -0.39 is 6.10 Å². The lowest BCUT2D eigenvalue weighted by Gasteiger charge is -2.37. The van der Waals surface area contributed by atoms with Gasteiger partial charge in [0.2, 0.25) is 0 Å². The van der Waals surface area contributed by atoms with E-state index in [9.17, 15) is 5.11 Å². The summed E-state index contributed by atoms with van der Waals surface area (Å²) in [6.07, 6.45) is 0.142. The Labute approximate surface area is 107 Å². The molecule has 1 heterocycles. The van der Waals surface area contributed by atoms with Crippen molar-refractivity contribution in [2.75, 3.05) is 13.1 Å².